The Balaban J connectivity index is 2.73. The molecule has 0 aliphatic carbocycles. The minimum absolute atomic E-state index is 0.0528. The van der Waals surface area contributed by atoms with Gasteiger partial charge in [0.05, 0.1) is 6.42 Å². The average Bonchev–Trinajstić information content (AvgIpc) is 2.64. The molecule has 0 aromatic rings. The first-order valence-electron chi connectivity index (χ1n) is 6.58. The molecule has 1 rings (SSSR count). The summed E-state index contributed by atoms with van der Waals surface area (Å²) >= 11 is 0. The van der Waals surface area contributed by atoms with E-state index in [-0.39, 0.29) is 31.2 Å². The summed E-state index contributed by atoms with van der Waals surface area (Å²) in [7, 11) is 0. The highest BCUT2D eigenvalue weighted by molar-refractivity contribution is 5.88. The number of esters is 1. The van der Waals surface area contributed by atoms with E-state index in [2.05, 4.69) is 0 Å². The van der Waals surface area contributed by atoms with Gasteiger partial charge in [0.2, 0.25) is 5.91 Å². The highest BCUT2D eigenvalue weighted by Crippen LogP contribution is 2.22. The van der Waals surface area contributed by atoms with Crippen LogP contribution in [0.25, 0.3) is 0 Å². The second-order valence-electron chi connectivity index (χ2n) is 6.00. The Morgan fingerprint density at radius 1 is 1.50 bits per heavy atom. The van der Waals surface area contributed by atoms with Crippen molar-refractivity contribution in [3.8, 4) is 0 Å². The van der Waals surface area contributed by atoms with Crippen molar-refractivity contribution >= 4 is 17.8 Å². The quantitative estimate of drug-likeness (QED) is 0.687. The largest absolute Gasteiger partial charge is 0.480 e. The van der Waals surface area contributed by atoms with E-state index in [4.69, 9.17) is 10.5 Å². The van der Waals surface area contributed by atoms with E-state index in [1.807, 2.05) is 0 Å². The van der Waals surface area contributed by atoms with Crippen LogP contribution in [0, 0.1) is 5.92 Å². The zero-order valence-electron chi connectivity index (χ0n) is 12.1. The van der Waals surface area contributed by atoms with Gasteiger partial charge >= 0.3 is 11.9 Å². The number of aliphatic carboxylic acids is 1. The van der Waals surface area contributed by atoms with E-state index < -0.39 is 23.6 Å². The van der Waals surface area contributed by atoms with Gasteiger partial charge in [0.1, 0.15) is 11.6 Å². The van der Waals surface area contributed by atoms with Crippen molar-refractivity contribution < 1.29 is 24.2 Å². The van der Waals surface area contributed by atoms with E-state index in [0.29, 0.717) is 6.54 Å². The molecular formula is C13H22N2O5. The summed E-state index contributed by atoms with van der Waals surface area (Å²) in [5.41, 5.74) is 4.82. The maximum absolute atomic E-state index is 11.8. The average molecular weight is 286 g/mol. The molecule has 7 nitrogen and oxygen atoms in total. The van der Waals surface area contributed by atoms with E-state index in [9.17, 15) is 19.5 Å². The van der Waals surface area contributed by atoms with Gasteiger partial charge in [-0.1, -0.05) is 0 Å². The lowest BCUT2D eigenvalue weighted by atomic mass is 10.1. The SMILES string of the molecule is CC(C)(C)OC(=O)C[C@H](C(=O)O)N1CC(CN)CC1=O. The molecule has 0 spiro atoms. The van der Waals surface area contributed by atoms with Crippen LogP contribution in [0.5, 0.6) is 0 Å². The van der Waals surface area contributed by atoms with E-state index in [1.165, 1.54) is 4.90 Å². The topological polar surface area (TPSA) is 110 Å². The van der Waals surface area contributed by atoms with Crippen LogP contribution in [0.15, 0.2) is 0 Å². The van der Waals surface area contributed by atoms with Crippen molar-refractivity contribution in [1.82, 2.24) is 4.90 Å². The van der Waals surface area contributed by atoms with Gasteiger partial charge in [-0.15, -0.1) is 0 Å². The molecule has 0 saturated carbocycles. The number of hydrogen-bond acceptors (Lipinski definition) is 5. The summed E-state index contributed by atoms with van der Waals surface area (Å²) < 4.78 is 5.10. The molecule has 0 radical (unpaired) electrons. The molecule has 0 bridgehead atoms. The van der Waals surface area contributed by atoms with Crippen LogP contribution >= 0.6 is 0 Å². The smallest absolute Gasteiger partial charge is 0.327 e. The molecule has 1 fully saturated rings. The number of carbonyl (C=O) groups excluding carboxylic acids is 2. The summed E-state index contributed by atoms with van der Waals surface area (Å²) in [6.45, 7) is 5.69. The van der Waals surface area contributed by atoms with Crippen LogP contribution in [0.4, 0.5) is 0 Å². The molecule has 1 unspecified atom stereocenters. The molecule has 0 aromatic heterocycles. The second-order valence-corrected chi connectivity index (χ2v) is 6.00. The van der Waals surface area contributed by atoms with Crippen LogP contribution in [0.2, 0.25) is 0 Å². The fraction of sp³-hybridized carbons (Fsp3) is 0.769. The maximum atomic E-state index is 11.8. The number of rotatable bonds is 5. The number of carboxylic acids is 1. The second kappa shape index (κ2) is 6.21. The maximum Gasteiger partial charge on any atom is 0.327 e. The van der Waals surface area contributed by atoms with Crippen LogP contribution < -0.4 is 5.73 Å². The number of amides is 1. The third kappa shape index (κ3) is 4.48. The van der Waals surface area contributed by atoms with Gasteiger partial charge in [-0.2, -0.15) is 0 Å². The van der Waals surface area contributed by atoms with E-state index in [1.54, 1.807) is 20.8 Å². The Hall–Kier alpha value is -1.63. The molecule has 1 aliphatic rings. The lowest BCUT2D eigenvalue weighted by Crippen LogP contribution is -2.44. The molecule has 3 N–H and O–H groups in total. The van der Waals surface area contributed by atoms with Crippen LogP contribution in [-0.4, -0.2) is 52.6 Å². The van der Waals surface area contributed by atoms with Crippen molar-refractivity contribution in [2.45, 2.75) is 45.3 Å². The summed E-state index contributed by atoms with van der Waals surface area (Å²) in [6.07, 6.45) is -0.121. The van der Waals surface area contributed by atoms with Gasteiger partial charge in [-0.25, -0.2) is 4.79 Å². The molecule has 1 heterocycles. The molecule has 1 aliphatic heterocycles. The molecule has 2 atom stereocenters. The highest BCUT2D eigenvalue weighted by atomic mass is 16.6. The third-order valence-electron chi connectivity index (χ3n) is 3.01. The fourth-order valence-corrected chi connectivity index (χ4v) is 2.14. The Labute approximate surface area is 118 Å². The van der Waals surface area contributed by atoms with E-state index in [0.717, 1.165) is 0 Å². The Bertz CT molecular complexity index is 402. The van der Waals surface area contributed by atoms with Crippen molar-refractivity contribution in [3.05, 3.63) is 0 Å². The van der Waals surface area contributed by atoms with Gasteiger partial charge in [0.25, 0.3) is 0 Å². The summed E-state index contributed by atoms with van der Waals surface area (Å²) in [4.78, 5) is 36.1. The summed E-state index contributed by atoms with van der Waals surface area (Å²) in [6, 6.07) is -1.19. The monoisotopic (exact) mass is 286 g/mol. The zero-order valence-corrected chi connectivity index (χ0v) is 12.1. The van der Waals surface area contributed by atoms with Crippen LogP contribution in [0.3, 0.4) is 0 Å². The summed E-state index contributed by atoms with van der Waals surface area (Å²) in [5.74, 6) is -2.17. The lowest BCUT2D eigenvalue weighted by Gasteiger charge is -2.26. The zero-order chi connectivity index (χ0) is 15.5. The van der Waals surface area contributed by atoms with Crippen molar-refractivity contribution in [3.63, 3.8) is 0 Å². The molecule has 20 heavy (non-hydrogen) atoms. The minimum atomic E-state index is -1.21. The molecule has 1 saturated heterocycles. The molecule has 1 amide bonds. The Kier molecular flexibility index (Phi) is 5.10. The fourth-order valence-electron chi connectivity index (χ4n) is 2.14. The number of ether oxygens (including phenoxy) is 1. The molecular weight excluding hydrogens is 264 g/mol. The predicted octanol–water partition coefficient (Wildman–Crippen LogP) is -0.0214. The number of likely N-dealkylation sites (tertiary alicyclic amines) is 1. The van der Waals surface area contributed by atoms with Crippen LogP contribution in [0.1, 0.15) is 33.6 Å². The van der Waals surface area contributed by atoms with Gasteiger partial charge < -0.3 is 20.5 Å². The van der Waals surface area contributed by atoms with Gasteiger partial charge in [0, 0.05) is 13.0 Å². The van der Waals surface area contributed by atoms with Gasteiger partial charge in [-0.3, -0.25) is 9.59 Å². The van der Waals surface area contributed by atoms with Gasteiger partial charge in [-0.05, 0) is 33.2 Å². The first kappa shape index (κ1) is 16.4. The number of carbonyl (C=O) groups is 3. The minimum Gasteiger partial charge on any atom is -0.480 e. The standard InChI is InChI=1S/C13H22N2O5/c1-13(2,3)20-11(17)5-9(12(18)19)15-7-8(6-14)4-10(15)16/h8-9H,4-7,14H2,1-3H3,(H,18,19)/t8?,9-/m1/s1. The van der Waals surface area contributed by atoms with Crippen LogP contribution in [-0.2, 0) is 19.1 Å². The van der Waals surface area contributed by atoms with Gasteiger partial charge in [0.15, 0.2) is 0 Å². The molecule has 114 valence electrons. The predicted molar refractivity (Wildman–Crippen MR) is 70.8 cm³/mol. The number of carboxylic acid groups (broad SMARTS) is 1. The van der Waals surface area contributed by atoms with Crippen molar-refractivity contribution in [1.29, 1.82) is 0 Å². The molecule has 0 aromatic carbocycles. The first-order valence-corrected chi connectivity index (χ1v) is 6.58. The summed E-state index contributed by atoms with van der Waals surface area (Å²) in [5, 5.41) is 9.22. The van der Waals surface area contributed by atoms with E-state index >= 15 is 0 Å². The Morgan fingerprint density at radius 3 is 2.50 bits per heavy atom. The number of hydrogen-bond donors (Lipinski definition) is 2. The normalized spacial score (nSPS) is 20.9. The number of nitrogens with two attached hydrogens (primary N) is 1. The molecule has 7 heteroatoms. The first-order chi connectivity index (χ1) is 9.14. The van der Waals surface area contributed by atoms with Crippen molar-refractivity contribution in [2.75, 3.05) is 13.1 Å². The Morgan fingerprint density at radius 2 is 2.10 bits per heavy atom. The number of nitrogens with zero attached hydrogens (tertiary/aromatic N) is 1. The highest BCUT2D eigenvalue weighted by Gasteiger charge is 2.39. The third-order valence-corrected chi connectivity index (χ3v) is 3.01. The van der Waals surface area contributed by atoms with Crippen molar-refractivity contribution in [2.24, 2.45) is 11.7 Å². The lowest BCUT2D eigenvalue weighted by molar-refractivity contribution is -0.161.